The van der Waals surface area contributed by atoms with Crippen LogP contribution in [0.15, 0.2) is 106 Å². The first kappa shape index (κ1) is 35.0. The first-order valence-corrected chi connectivity index (χ1v) is 15.9. The van der Waals surface area contributed by atoms with Crippen molar-refractivity contribution in [2.75, 3.05) is 6.54 Å². The predicted molar refractivity (Wildman–Crippen MR) is 186 cm³/mol. The number of nitrogens with zero attached hydrogens (tertiary/aromatic N) is 3. The number of alkyl carbamates (subject to hydrolysis) is 1. The van der Waals surface area contributed by atoms with E-state index in [0.29, 0.717) is 5.70 Å². The number of fused-ring (bicyclic) bond motifs is 1. The van der Waals surface area contributed by atoms with Gasteiger partial charge in [-0.15, -0.1) is 12.6 Å². The molecule has 0 aliphatic rings. The van der Waals surface area contributed by atoms with Gasteiger partial charge in [-0.05, 0) is 74.1 Å². The number of ether oxygens (including phenoxy) is 1. The van der Waals surface area contributed by atoms with Crippen molar-refractivity contribution in [2.24, 2.45) is 4.99 Å². The van der Waals surface area contributed by atoms with E-state index < -0.39 is 29.7 Å². The van der Waals surface area contributed by atoms with E-state index in [9.17, 15) is 14.4 Å². The van der Waals surface area contributed by atoms with Gasteiger partial charge in [-0.25, -0.2) is 4.79 Å². The second-order valence-corrected chi connectivity index (χ2v) is 12.3. The van der Waals surface area contributed by atoms with Gasteiger partial charge < -0.3 is 24.7 Å². The van der Waals surface area contributed by atoms with Crippen molar-refractivity contribution in [2.45, 2.75) is 64.8 Å². The lowest BCUT2D eigenvalue weighted by molar-refractivity contribution is -0.137. The third kappa shape index (κ3) is 10.8. The van der Waals surface area contributed by atoms with Crippen molar-refractivity contribution >= 4 is 47.7 Å². The van der Waals surface area contributed by atoms with Gasteiger partial charge in [0.1, 0.15) is 23.3 Å². The van der Waals surface area contributed by atoms with Crippen LogP contribution in [-0.4, -0.2) is 58.2 Å². The summed E-state index contributed by atoms with van der Waals surface area (Å²) in [7, 11) is 0. The number of amides is 3. The molecular formula is C36H41N5O5S. The molecule has 0 bridgehead atoms. The van der Waals surface area contributed by atoms with Crippen LogP contribution < -0.4 is 10.6 Å². The van der Waals surface area contributed by atoms with Crippen molar-refractivity contribution < 1.29 is 23.5 Å². The summed E-state index contributed by atoms with van der Waals surface area (Å²) in [6.45, 7) is 7.40. The Morgan fingerprint density at radius 2 is 1.72 bits per heavy atom. The minimum absolute atomic E-state index is 0.136. The number of rotatable bonds is 13. The lowest BCUT2D eigenvalue weighted by Gasteiger charge is -2.30. The topological polar surface area (TPSA) is 126 Å². The third-order valence-electron chi connectivity index (χ3n) is 7.07. The van der Waals surface area contributed by atoms with Crippen molar-refractivity contribution in [3.05, 3.63) is 113 Å². The summed E-state index contributed by atoms with van der Waals surface area (Å²) in [6.07, 6.45) is 6.11. The molecule has 0 radical (unpaired) electrons. The maximum Gasteiger partial charge on any atom is 0.408 e. The Kier molecular flexibility index (Phi) is 12.3. The molecule has 246 valence electrons. The SMILES string of the molecule is CC=N/C(=C\S)CN(Cc1ccc2occc2c1)C(=O)[C@H](Cc1ccccc1)NC(=O)[C@H](Cc1cccnc1)NC(=O)OC(C)(C)C. The Labute approximate surface area is 280 Å². The molecular weight excluding hydrogens is 614 g/mol. The first-order valence-electron chi connectivity index (χ1n) is 15.3. The molecule has 2 heterocycles. The van der Waals surface area contributed by atoms with Crippen LogP contribution in [0.25, 0.3) is 11.0 Å². The van der Waals surface area contributed by atoms with E-state index in [1.54, 1.807) is 68.9 Å². The van der Waals surface area contributed by atoms with Crippen LogP contribution >= 0.6 is 12.6 Å². The Hall–Kier alpha value is -4.90. The maximum absolute atomic E-state index is 14.5. The summed E-state index contributed by atoms with van der Waals surface area (Å²) < 4.78 is 11.0. The van der Waals surface area contributed by atoms with Crippen LogP contribution in [0.5, 0.6) is 0 Å². The van der Waals surface area contributed by atoms with Gasteiger partial charge in [-0.1, -0.05) is 42.5 Å². The lowest BCUT2D eigenvalue weighted by atomic mass is 10.0. The molecule has 0 aliphatic heterocycles. The number of furan rings is 1. The largest absolute Gasteiger partial charge is 0.464 e. The number of benzene rings is 2. The third-order valence-corrected chi connectivity index (χ3v) is 7.36. The molecule has 0 saturated heterocycles. The minimum atomic E-state index is -1.05. The number of thiol groups is 1. The molecule has 0 spiro atoms. The zero-order valence-corrected chi connectivity index (χ0v) is 27.9. The van der Waals surface area contributed by atoms with Gasteiger partial charge in [0.05, 0.1) is 18.5 Å². The molecule has 10 nitrogen and oxygen atoms in total. The van der Waals surface area contributed by atoms with Gasteiger partial charge >= 0.3 is 6.09 Å². The van der Waals surface area contributed by atoms with Crippen molar-refractivity contribution in [3.63, 3.8) is 0 Å². The number of aromatic nitrogens is 1. The fourth-order valence-corrected chi connectivity index (χ4v) is 5.13. The molecule has 2 N–H and O–H groups in total. The minimum Gasteiger partial charge on any atom is -0.464 e. The summed E-state index contributed by atoms with van der Waals surface area (Å²) in [5.74, 6) is -0.865. The van der Waals surface area contributed by atoms with Crippen molar-refractivity contribution in [1.29, 1.82) is 0 Å². The van der Waals surface area contributed by atoms with Gasteiger partial charge in [-0.3, -0.25) is 19.6 Å². The zero-order chi connectivity index (χ0) is 33.8. The van der Waals surface area contributed by atoms with Gasteiger partial charge in [0.2, 0.25) is 11.8 Å². The number of nitrogens with one attached hydrogen (secondary N) is 2. The smallest absolute Gasteiger partial charge is 0.408 e. The Morgan fingerprint density at radius 1 is 0.979 bits per heavy atom. The number of hydrogen-bond donors (Lipinski definition) is 3. The number of aliphatic imine (C=N–C) groups is 1. The van der Waals surface area contributed by atoms with Crippen molar-refractivity contribution in [3.8, 4) is 0 Å². The van der Waals surface area contributed by atoms with Gasteiger partial charge in [0, 0.05) is 43.4 Å². The number of hydrogen-bond acceptors (Lipinski definition) is 8. The molecule has 3 amide bonds. The highest BCUT2D eigenvalue weighted by Gasteiger charge is 2.31. The number of carbonyl (C=O) groups excluding carboxylic acids is 3. The van der Waals surface area contributed by atoms with Crippen LogP contribution in [0.1, 0.15) is 44.4 Å². The van der Waals surface area contributed by atoms with E-state index in [1.165, 1.54) is 0 Å². The molecule has 4 aromatic rings. The molecule has 11 heteroatoms. The highest BCUT2D eigenvalue weighted by molar-refractivity contribution is 7.83. The standard InChI is InChI=1S/C36H41N5O5S/c1-5-38-29(24-47)23-41(22-27-13-14-32-28(18-27)15-17-45-32)34(43)31(19-25-10-7-6-8-11-25)39-33(42)30(20-26-12-9-16-37-21-26)40-35(44)46-36(2,3)4/h5-18,21,24,30-31,47H,19-20,22-23H2,1-4H3,(H,39,42)(H,40,44)/b29-24-,38-5?/t30-,31-/m0/s1. The summed E-state index contributed by atoms with van der Waals surface area (Å²) in [6, 6.07) is 18.6. The van der Waals surface area contributed by atoms with Gasteiger partial charge in [0.25, 0.3) is 0 Å². The summed E-state index contributed by atoms with van der Waals surface area (Å²) in [5.41, 5.74) is 2.99. The Balaban J connectivity index is 1.66. The van der Waals surface area contributed by atoms with Crippen LogP contribution in [0.3, 0.4) is 0 Å². The summed E-state index contributed by atoms with van der Waals surface area (Å²) in [5, 5.41) is 8.12. The Morgan fingerprint density at radius 3 is 2.40 bits per heavy atom. The predicted octanol–water partition coefficient (Wildman–Crippen LogP) is 5.88. The van der Waals surface area contributed by atoms with Crippen LogP contribution in [-0.2, 0) is 33.7 Å². The fourth-order valence-electron chi connectivity index (χ4n) is 4.98. The fraction of sp³-hybridized carbons (Fsp3) is 0.306. The van der Waals surface area contributed by atoms with Gasteiger partial charge in [-0.2, -0.15) is 0 Å². The van der Waals surface area contributed by atoms with E-state index in [1.807, 2.05) is 60.7 Å². The Bertz CT molecular complexity index is 1700. The molecule has 2 aromatic heterocycles. The van der Waals surface area contributed by atoms with Crippen LogP contribution in [0.4, 0.5) is 4.79 Å². The average Bonchev–Trinajstić information content (AvgIpc) is 3.51. The monoisotopic (exact) mass is 655 g/mol. The molecule has 0 unspecified atom stereocenters. The highest BCUT2D eigenvalue weighted by atomic mass is 32.1. The molecule has 4 rings (SSSR count). The number of pyridine rings is 1. The molecule has 0 fully saturated rings. The van der Waals surface area contributed by atoms with E-state index in [2.05, 4.69) is 33.2 Å². The highest BCUT2D eigenvalue weighted by Crippen LogP contribution is 2.20. The molecule has 2 aromatic carbocycles. The average molecular weight is 656 g/mol. The first-order chi connectivity index (χ1) is 22.5. The van der Waals surface area contributed by atoms with E-state index in [0.717, 1.165) is 27.7 Å². The van der Waals surface area contributed by atoms with Crippen LogP contribution in [0.2, 0.25) is 0 Å². The second kappa shape index (κ2) is 16.6. The molecule has 0 saturated carbocycles. The van der Waals surface area contributed by atoms with E-state index in [-0.39, 0.29) is 31.8 Å². The molecule has 47 heavy (non-hydrogen) atoms. The quantitative estimate of drug-likeness (QED) is 0.122. The molecule has 0 aliphatic carbocycles. The second-order valence-electron chi connectivity index (χ2n) is 12.0. The summed E-state index contributed by atoms with van der Waals surface area (Å²) >= 11 is 4.33. The zero-order valence-electron chi connectivity index (χ0n) is 27.1. The van der Waals surface area contributed by atoms with Gasteiger partial charge in [0.15, 0.2) is 0 Å². The van der Waals surface area contributed by atoms with E-state index in [4.69, 9.17) is 9.15 Å². The molecule has 2 atom stereocenters. The van der Waals surface area contributed by atoms with Crippen molar-refractivity contribution in [1.82, 2.24) is 20.5 Å². The maximum atomic E-state index is 14.5. The van der Waals surface area contributed by atoms with Crippen LogP contribution in [0, 0.1) is 0 Å². The summed E-state index contributed by atoms with van der Waals surface area (Å²) in [4.78, 5) is 51.5. The number of carbonyl (C=O) groups is 3. The normalized spacial score (nSPS) is 13.3. The lowest BCUT2D eigenvalue weighted by Crippen LogP contribution is -2.56. The van der Waals surface area contributed by atoms with E-state index >= 15 is 0 Å².